The van der Waals surface area contributed by atoms with Gasteiger partial charge in [0.2, 0.25) is 11.8 Å². The summed E-state index contributed by atoms with van der Waals surface area (Å²) in [6.45, 7) is 4.10. The topological polar surface area (TPSA) is 61.9 Å². The van der Waals surface area contributed by atoms with Crippen LogP contribution in [0.1, 0.15) is 12.8 Å². The van der Waals surface area contributed by atoms with E-state index in [9.17, 15) is 9.59 Å². The van der Waals surface area contributed by atoms with E-state index in [1.165, 1.54) is 0 Å². The zero-order valence-corrected chi connectivity index (χ0v) is 13.9. The number of amides is 2. The van der Waals surface area contributed by atoms with E-state index in [2.05, 4.69) is 5.32 Å². The van der Waals surface area contributed by atoms with Crippen LogP contribution in [-0.4, -0.2) is 67.6 Å². The van der Waals surface area contributed by atoms with Gasteiger partial charge >= 0.3 is 0 Å². The van der Waals surface area contributed by atoms with Crippen molar-refractivity contribution in [3.8, 4) is 0 Å². The molecule has 1 aromatic rings. The fourth-order valence-electron chi connectivity index (χ4n) is 3.29. The van der Waals surface area contributed by atoms with E-state index < -0.39 is 0 Å². The molecule has 24 heavy (non-hydrogen) atoms. The van der Waals surface area contributed by atoms with E-state index >= 15 is 0 Å². The Kier molecular flexibility index (Phi) is 5.69. The predicted octanol–water partition coefficient (Wildman–Crippen LogP) is 1.20. The minimum Gasteiger partial charge on any atom is -0.378 e. The molecule has 0 aromatic heterocycles. The first-order chi connectivity index (χ1) is 11.7. The van der Waals surface area contributed by atoms with Crippen molar-refractivity contribution in [1.29, 1.82) is 0 Å². The average Bonchev–Trinajstić information content (AvgIpc) is 2.67. The van der Waals surface area contributed by atoms with Gasteiger partial charge in [-0.2, -0.15) is 0 Å². The van der Waals surface area contributed by atoms with Crippen LogP contribution in [0.2, 0.25) is 0 Å². The summed E-state index contributed by atoms with van der Waals surface area (Å²) in [6.07, 6.45) is 1.75. The summed E-state index contributed by atoms with van der Waals surface area (Å²) in [6, 6.07) is 9.69. The van der Waals surface area contributed by atoms with Crippen LogP contribution in [0, 0.1) is 5.92 Å². The third-order valence-electron chi connectivity index (χ3n) is 4.66. The van der Waals surface area contributed by atoms with Gasteiger partial charge in [-0.25, -0.2) is 0 Å². The van der Waals surface area contributed by atoms with Crippen LogP contribution in [0.3, 0.4) is 0 Å². The summed E-state index contributed by atoms with van der Waals surface area (Å²) in [5.41, 5.74) is 0.934. The molecule has 0 bridgehead atoms. The number of nitrogens with one attached hydrogen (secondary N) is 1. The molecule has 6 heteroatoms. The molecule has 2 aliphatic heterocycles. The molecule has 2 amide bonds. The maximum Gasteiger partial charge on any atom is 0.241 e. The standard InChI is InChI=1S/C18H25N3O3/c22-17(13-19-16-6-2-1-3-7-16)21-8-4-5-15(14-21)18(23)20-9-11-24-12-10-20/h1-3,6-7,15,19H,4-5,8-14H2. The van der Waals surface area contributed by atoms with E-state index in [1.807, 2.05) is 40.1 Å². The molecule has 0 spiro atoms. The van der Waals surface area contributed by atoms with E-state index in [0.717, 1.165) is 25.1 Å². The first kappa shape index (κ1) is 16.8. The van der Waals surface area contributed by atoms with Crippen LogP contribution in [-0.2, 0) is 14.3 Å². The number of nitrogens with zero attached hydrogens (tertiary/aromatic N) is 2. The summed E-state index contributed by atoms with van der Waals surface area (Å²) >= 11 is 0. The Morgan fingerprint density at radius 3 is 2.58 bits per heavy atom. The van der Waals surface area contributed by atoms with Crippen LogP contribution >= 0.6 is 0 Å². The lowest BCUT2D eigenvalue weighted by molar-refractivity contribution is -0.143. The molecule has 2 aliphatic rings. The maximum absolute atomic E-state index is 12.6. The zero-order valence-electron chi connectivity index (χ0n) is 13.9. The van der Waals surface area contributed by atoms with Crippen molar-refractivity contribution in [3.05, 3.63) is 30.3 Å². The zero-order chi connectivity index (χ0) is 16.8. The quantitative estimate of drug-likeness (QED) is 0.900. The summed E-state index contributed by atoms with van der Waals surface area (Å²) < 4.78 is 5.30. The first-order valence-electron chi connectivity index (χ1n) is 8.67. The Labute approximate surface area is 142 Å². The van der Waals surface area contributed by atoms with Crippen LogP contribution < -0.4 is 5.32 Å². The molecule has 1 atom stereocenters. The molecular formula is C18H25N3O3. The van der Waals surface area contributed by atoms with Gasteiger partial charge in [0, 0.05) is 31.9 Å². The smallest absolute Gasteiger partial charge is 0.241 e. The Balaban J connectivity index is 1.50. The molecule has 1 unspecified atom stereocenters. The molecule has 130 valence electrons. The number of para-hydroxylation sites is 1. The molecule has 0 aliphatic carbocycles. The molecule has 6 nitrogen and oxygen atoms in total. The number of carbonyl (C=O) groups is 2. The number of benzene rings is 1. The highest BCUT2D eigenvalue weighted by atomic mass is 16.5. The van der Waals surface area contributed by atoms with E-state index in [-0.39, 0.29) is 24.3 Å². The second-order valence-corrected chi connectivity index (χ2v) is 6.34. The number of ether oxygens (including phenoxy) is 1. The number of piperidine rings is 1. The fraction of sp³-hybridized carbons (Fsp3) is 0.556. The van der Waals surface area contributed by atoms with Crippen molar-refractivity contribution in [2.75, 3.05) is 51.3 Å². The van der Waals surface area contributed by atoms with Gasteiger partial charge in [-0.3, -0.25) is 9.59 Å². The van der Waals surface area contributed by atoms with Crippen LogP contribution in [0.4, 0.5) is 5.69 Å². The molecule has 3 rings (SSSR count). The maximum atomic E-state index is 12.6. The van der Waals surface area contributed by atoms with Gasteiger partial charge in [-0.15, -0.1) is 0 Å². The summed E-state index contributed by atoms with van der Waals surface area (Å²) in [4.78, 5) is 28.8. The van der Waals surface area contributed by atoms with E-state index in [1.54, 1.807) is 0 Å². The summed E-state index contributed by atoms with van der Waals surface area (Å²) in [5.74, 6) is 0.155. The van der Waals surface area contributed by atoms with Crippen LogP contribution in [0.5, 0.6) is 0 Å². The normalized spacial score (nSPS) is 21.4. The fourth-order valence-corrected chi connectivity index (χ4v) is 3.29. The molecule has 1 aromatic carbocycles. The van der Waals surface area contributed by atoms with Gasteiger partial charge in [0.1, 0.15) is 0 Å². The number of likely N-dealkylation sites (tertiary alicyclic amines) is 1. The molecule has 1 N–H and O–H groups in total. The van der Waals surface area contributed by atoms with Gasteiger partial charge < -0.3 is 19.9 Å². The van der Waals surface area contributed by atoms with Crippen molar-refractivity contribution < 1.29 is 14.3 Å². The number of morpholine rings is 1. The van der Waals surface area contributed by atoms with Gasteiger partial charge in [0.25, 0.3) is 0 Å². The SMILES string of the molecule is O=C(CNc1ccccc1)N1CCCC(C(=O)N2CCOCC2)C1. The van der Waals surface area contributed by atoms with Crippen molar-refractivity contribution in [2.24, 2.45) is 5.92 Å². The molecule has 2 heterocycles. The molecule has 0 saturated carbocycles. The van der Waals surface area contributed by atoms with Gasteiger partial charge in [-0.1, -0.05) is 18.2 Å². The third kappa shape index (κ3) is 4.26. The number of hydrogen-bond acceptors (Lipinski definition) is 4. The predicted molar refractivity (Wildman–Crippen MR) is 91.6 cm³/mol. The first-order valence-corrected chi connectivity index (χ1v) is 8.67. The highest BCUT2D eigenvalue weighted by molar-refractivity contribution is 5.83. The molecule has 2 saturated heterocycles. The third-order valence-corrected chi connectivity index (χ3v) is 4.66. The Morgan fingerprint density at radius 1 is 1.08 bits per heavy atom. The second-order valence-electron chi connectivity index (χ2n) is 6.34. The van der Waals surface area contributed by atoms with Crippen LogP contribution in [0.25, 0.3) is 0 Å². The highest BCUT2D eigenvalue weighted by Gasteiger charge is 2.31. The Hall–Kier alpha value is -2.08. The Morgan fingerprint density at radius 2 is 1.83 bits per heavy atom. The number of anilines is 1. The summed E-state index contributed by atoms with van der Waals surface area (Å²) in [7, 11) is 0. The Bertz CT molecular complexity index is 558. The van der Waals surface area contributed by atoms with E-state index in [4.69, 9.17) is 4.74 Å². The van der Waals surface area contributed by atoms with Gasteiger partial charge in [-0.05, 0) is 25.0 Å². The second kappa shape index (κ2) is 8.15. The largest absolute Gasteiger partial charge is 0.378 e. The van der Waals surface area contributed by atoms with Crippen molar-refractivity contribution in [3.63, 3.8) is 0 Å². The molecular weight excluding hydrogens is 306 g/mol. The van der Waals surface area contributed by atoms with Gasteiger partial charge in [0.05, 0.1) is 25.7 Å². The minimum absolute atomic E-state index is 0.0540. The van der Waals surface area contributed by atoms with Crippen molar-refractivity contribution in [2.45, 2.75) is 12.8 Å². The average molecular weight is 331 g/mol. The van der Waals surface area contributed by atoms with E-state index in [0.29, 0.717) is 32.8 Å². The number of carbonyl (C=O) groups excluding carboxylic acids is 2. The molecule has 0 radical (unpaired) electrons. The lowest BCUT2D eigenvalue weighted by Gasteiger charge is -2.36. The van der Waals surface area contributed by atoms with Crippen molar-refractivity contribution in [1.82, 2.24) is 9.80 Å². The van der Waals surface area contributed by atoms with Gasteiger partial charge in [0.15, 0.2) is 0 Å². The molecule has 2 fully saturated rings. The minimum atomic E-state index is -0.0717. The summed E-state index contributed by atoms with van der Waals surface area (Å²) in [5, 5.41) is 3.15. The number of hydrogen-bond donors (Lipinski definition) is 1. The number of rotatable bonds is 4. The lowest BCUT2D eigenvalue weighted by atomic mass is 9.96. The monoisotopic (exact) mass is 331 g/mol. The highest BCUT2D eigenvalue weighted by Crippen LogP contribution is 2.20. The van der Waals surface area contributed by atoms with Crippen LogP contribution in [0.15, 0.2) is 30.3 Å². The lowest BCUT2D eigenvalue weighted by Crippen LogP contribution is -2.50. The van der Waals surface area contributed by atoms with Crippen molar-refractivity contribution >= 4 is 17.5 Å².